The minimum atomic E-state index is -0.946. The zero-order chi connectivity index (χ0) is 14.8. The monoisotopic (exact) mass is 290 g/mol. The van der Waals surface area contributed by atoms with Gasteiger partial charge in [-0.25, -0.2) is 14.8 Å². The van der Waals surface area contributed by atoms with Gasteiger partial charge in [-0.15, -0.1) is 0 Å². The number of aromatic carboxylic acids is 1. The van der Waals surface area contributed by atoms with Crippen LogP contribution in [0.1, 0.15) is 35.3 Å². The standard InChI is InChI=1S/C15H22N4O2/c1-18-5-2-3-11-8-19(6-4-14(11)18)9-13-12(15(20)21)7-16-10-17-13/h7,10-11,14H,2-6,8-9H2,1H3,(H,20,21). The molecule has 0 radical (unpaired) electrons. The van der Waals surface area contributed by atoms with E-state index in [0.717, 1.165) is 19.5 Å². The van der Waals surface area contributed by atoms with Gasteiger partial charge in [0.25, 0.3) is 0 Å². The molecule has 2 unspecified atom stereocenters. The molecule has 6 nitrogen and oxygen atoms in total. The Morgan fingerprint density at radius 1 is 1.43 bits per heavy atom. The van der Waals surface area contributed by atoms with E-state index in [1.165, 1.54) is 31.9 Å². The van der Waals surface area contributed by atoms with Gasteiger partial charge in [0.1, 0.15) is 11.9 Å². The van der Waals surface area contributed by atoms with Crippen molar-refractivity contribution in [1.29, 1.82) is 0 Å². The summed E-state index contributed by atoms with van der Waals surface area (Å²) < 4.78 is 0. The summed E-state index contributed by atoms with van der Waals surface area (Å²) in [6.07, 6.45) is 6.53. The molecule has 3 rings (SSSR count). The Morgan fingerprint density at radius 2 is 2.29 bits per heavy atom. The van der Waals surface area contributed by atoms with Gasteiger partial charge in [-0.1, -0.05) is 0 Å². The summed E-state index contributed by atoms with van der Waals surface area (Å²) in [6, 6.07) is 0.694. The number of hydrogen-bond donors (Lipinski definition) is 1. The van der Waals surface area contributed by atoms with Crippen LogP contribution in [0, 0.1) is 5.92 Å². The quantitative estimate of drug-likeness (QED) is 0.898. The molecule has 114 valence electrons. The first kappa shape index (κ1) is 14.4. The molecule has 0 saturated carbocycles. The molecule has 2 fully saturated rings. The van der Waals surface area contributed by atoms with Gasteiger partial charge >= 0.3 is 5.97 Å². The van der Waals surface area contributed by atoms with Gasteiger partial charge in [0.05, 0.1) is 5.69 Å². The van der Waals surface area contributed by atoms with E-state index in [1.807, 2.05) is 0 Å². The average Bonchev–Trinajstić information content (AvgIpc) is 2.48. The Hall–Kier alpha value is -1.53. The molecule has 0 aliphatic carbocycles. The lowest BCUT2D eigenvalue weighted by molar-refractivity contribution is 0.0347. The Labute approximate surface area is 124 Å². The molecule has 0 spiro atoms. The number of nitrogens with zero attached hydrogens (tertiary/aromatic N) is 4. The zero-order valence-electron chi connectivity index (χ0n) is 12.4. The molecule has 2 saturated heterocycles. The van der Waals surface area contributed by atoms with Crippen molar-refractivity contribution in [1.82, 2.24) is 19.8 Å². The number of rotatable bonds is 3. The summed E-state index contributed by atoms with van der Waals surface area (Å²) in [4.78, 5) is 24.0. The van der Waals surface area contributed by atoms with Crippen LogP contribution in [0.3, 0.4) is 0 Å². The number of fused-ring (bicyclic) bond motifs is 1. The number of hydrogen-bond acceptors (Lipinski definition) is 5. The highest BCUT2D eigenvalue weighted by atomic mass is 16.4. The summed E-state index contributed by atoms with van der Waals surface area (Å²) in [5, 5.41) is 9.21. The fourth-order valence-electron chi connectivity index (χ4n) is 3.74. The van der Waals surface area contributed by atoms with Crippen LogP contribution in [0.15, 0.2) is 12.5 Å². The number of carbonyl (C=O) groups is 1. The highest BCUT2D eigenvalue weighted by molar-refractivity contribution is 5.88. The SMILES string of the molecule is CN1CCCC2CN(Cc3ncncc3C(=O)O)CCC21. The highest BCUT2D eigenvalue weighted by Gasteiger charge is 2.34. The first-order chi connectivity index (χ1) is 10.1. The third kappa shape index (κ3) is 3.06. The van der Waals surface area contributed by atoms with E-state index in [0.29, 0.717) is 24.2 Å². The van der Waals surface area contributed by atoms with E-state index < -0.39 is 5.97 Å². The van der Waals surface area contributed by atoms with Crippen molar-refractivity contribution in [2.45, 2.75) is 31.8 Å². The molecule has 2 atom stereocenters. The van der Waals surface area contributed by atoms with Gasteiger partial charge in [-0.2, -0.15) is 0 Å². The van der Waals surface area contributed by atoms with Crippen molar-refractivity contribution >= 4 is 5.97 Å². The van der Waals surface area contributed by atoms with Crippen molar-refractivity contribution in [3.63, 3.8) is 0 Å². The molecule has 21 heavy (non-hydrogen) atoms. The molecule has 0 aromatic carbocycles. The van der Waals surface area contributed by atoms with Crippen LogP contribution >= 0.6 is 0 Å². The van der Waals surface area contributed by atoms with Gasteiger partial charge in [0, 0.05) is 31.9 Å². The summed E-state index contributed by atoms with van der Waals surface area (Å²) in [5.74, 6) is -0.245. The molecule has 3 heterocycles. The van der Waals surface area contributed by atoms with Gasteiger partial charge in [0.15, 0.2) is 0 Å². The lowest BCUT2D eigenvalue weighted by Crippen LogP contribution is -2.52. The zero-order valence-corrected chi connectivity index (χ0v) is 12.4. The van der Waals surface area contributed by atoms with Gasteiger partial charge in [-0.3, -0.25) is 4.90 Å². The van der Waals surface area contributed by atoms with Crippen molar-refractivity contribution in [3.05, 3.63) is 23.8 Å². The topological polar surface area (TPSA) is 69.6 Å². The van der Waals surface area contributed by atoms with Gasteiger partial charge in [0.2, 0.25) is 0 Å². The first-order valence-corrected chi connectivity index (χ1v) is 7.60. The second-order valence-corrected chi connectivity index (χ2v) is 6.16. The normalized spacial score (nSPS) is 27.3. The van der Waals surface area contributed by atoms with Crippen LogP contribution < -0.4 is 0 Å². The van der Waals surface area contributed by atoms with Crippen molar-refractivity contribution in [2.24, 2.45) is 5.92 Å². The van der Waals surface area contributed by atoms with Crippen molar-refractivity contribution in [3.8, 4) is 0 Å². The summed E-state index contributed by atoms with van der Waals surface area (Å²) >= 11 is 0. The predicted molar refractivity (Wildman–Crippen MR) is 78.0 cm³/mol. The van der Waals surface area contributed by atoms with E-state index in [1.54, 1.807) is 0 Å². The smallest absolute Gasteiger partial charge is 0.339 e. The highest BCUT2D eigenvalue weighted by Crippen LogP contribution is 2.30. The summed E-state index contributed by atoms with van der Waals surface area (Å²) in [6.45, 7) is 3.86. The number of likely N-dealkylation sites (tertiary alicyclic amines) is 2. The molecule has 2 aliphatic heterocycles. The Bertz CT molecular complexity index is 522. The fraction of sp³-hybridized carbons (Fsp3) is 0.667. The molecule has 2 aliphatic rings. The van der Waals surface area contributed by atoms with Gasteiger partial charge in [-0.05, 0) is 38.8 Å². The maximum Gasteiger partial charge on any atom is 0.339 e. The van der Waals surface area contributed by atoms with E-state index in [-0.39, 0.29) is 5.56 Å². The van der Waals surface area contributed by atoms with Crippen LogP contribution in [-0.4, -0.2) is 63.6 Å². The maximum absolute atomic E-state index is 11.2. The average molecular weight is 290 g/mol. The Morgan fingerprint density at radius 3 is 3.10 bits per heavy atom. The van der Waals surface area contributed by atoms with Crippen molar-refractivity contribution < 1.29 is 9.90 Å². The first-order valence-electron chi connectivity index (χ1n) is 7.60. The molecule has 1 N–H and O–H groups in total. The molecule has 1 aromatic rings. The number of piperidine rings is 2. The predicted octanol–water partition coefficient (Wildman–Crippen LogP) is 1.09. The summed E-state index contributed by atoms with van der Waals surface area (Å²) in [7, 11) is 2.22. The number of aromatic nitrogens is 2. The van der Waals surface area contributed by atoms with Crippen LogP contribution in [0.2, 0.25) is 0 Å². The maximum atomic E-state index is 11.2. The number of carboxylic acids is 1. The van der Waals surface area contributed by atoms with Crippen LogP contribution in [0.25, 0.3) is 0 Å². The Kier molecular flexibility index (Phi) is 4.17. The van der Waals surface area contributed by atoms with Crippen LogP contribution in [-0.2, 0) is 6.54 Å². The second kappa shape index (κ2) is 6.07. The minimum Gasteiger partial charge on any atom is -0.478 e. The molecule has 1 aromatic heterocycles. The third-order valence-electron chi connectivity index (χ3n) is 4.83. The number of carboxylic acid groups (broad SMARTS) is 1. The van der Waals surface area contributed by atoms with E-state index >= 15 is 0 Å². The molecular formula is C15H22N4O2. The van der Waals surface area contributed by atoms with E-state index in [9.17, 15) is 9.90 Å². The largest absolute Gasteiger partial charge is 0.478 e. The molecule has 6 heteroatoms. The van der Waals surface area contributed by atoms with E-state index in [4.69, 9.17) is 0 Å². The lowest BCUT2D eigenvalue weighted by Gasteiger charge is -2.46. The fourth-order valence-corrected chi connectivity index (χ4v) is 3.74. The second-order valence-electron chi connectivity index (χ2n) is 6.16. The molecule has 0 bridgehead atoms. The van der Waals surface area contributed by atoms with E-state index in [2.05, 4.69) is 26.8 Å². The summed E-state index contributed by atoms with van der Waals surface area (Å²) in [5.41, 5.74) is 0.848. The minimum absolute atomic E-state index is 0.223. The third-order valence-corrected chi connectivity index (χ3v) is 4.83. The Balaban J connectivity index is 1.68. The van der Waals surface area contributed by atoms with Crippen LogP contribution in [0.5, 0.6) is 0 Å². The van der Waals surface area contributed by atoms with Crippen LogP contribution in [0.4, 0.5) is 0 Å². The van der Waals surface area contributed by atoms with Crippen molar-refractivity contribution in [2.75, 3.05) is 26.7 Å². The molecular weight excluding hydrogens is 268 g/mol. The molecule has 0 amide bonds. The lowest BCUT2D eigenvalue weighted by atomic mass is 9.84. The van der Waals surface area contributed by atoms with Gasteiger partial charge < -0.3 is 10.0 Å².